The van der Waals surface area contributed by atoms with Crippen LogP contribution in [0.15, 0.2) is 133 Å². The maximum atomic E-state index is 3.69. The van der Waals surface area contributed by atoms with Crippen LogP contribution in [-0.4, -0.2) is 32.2 Å². The van der Waals surface area contributed by atoms with Gasteiger partial charge in [0.15, 0.2) is 0 Å². The molecule has 5 aromatic rings. The number of rotatable bonds is 6. The third-order valence-electron chi connectivity index (χ3n) is 9.53. The molecule has 0 amide bonds. The summed E-state index contributed by atoms with van der Waals surface area (Å²) in [5.74, 6) is 0.448. The highest BCUT2D eigenvalue weighted by Crippen LogP contribution is 2.49. The molecule has 4 heteroatoms. The smallest absolute Gasteiger partial charge is 0.0466 e. The summed E-state index contributed by atoms with van der Waals surface area (Å²) in [6.45, 7) is 4.09. The zero-order valence-corrected chi connectivity index (χ0v) is 25.0. The van der Waals surface area contributed by atoms with Gasteiger partial charge in [-0.05, 0) is 108 Å². The van der Waals surface area contributed by atoms with Crippen molar-refractivity contribution < 1.29 is 0 Å². The van der Waals surface area contributed by atoms with Gasteiger partial charge in [0, 0.05) is 53.5 Å². The Bertz CT molecular complexity index is 1720. The first-order valence-corrected chi connectivity index (χ1v) is 16.0. The Morgan fingerprint density at radius 2 is 1.27 bits per heavy atom. The normalized spacial score (nSPS) is 19.2. The minimum absolute atomic E-state index is 0.448. The van der Waals surface area contributed by atoms with Crippen LogP contribution in [0.25, 0.3) is 16.7 Å². The van der Waals surface area contributed by atoms with E-state index in [0.717, 1.165) is 39.0 Å². The van der Waals surface area contributed by atoms with E-state index in [2.05, 4.69) is 154 Å². The molecule has 0 aromatic heterocycles. The fourth-order valence-corrected chi connectivity index (χ4v) is 7.35. The largest absolute Gasteiger partial charge is 0.337 e. The summed E-state index contributed by atoms with van der Waals surface area (Å²) >= 11 is 0. The molecule has 218 valence electrons. The van der Waals surface area contributed by atoms with Crippen LogP contribution >= 0.6 is 0 Å². The van der Waals surface area contributed by atoms with Gasteiger partial charge in [-0.1, -0.05) is 78.9 Å². The lowest BCUT2D eigenvalue weighted by Gasteiger charge is -2.34. The molecule has 4 nitrogen and oxygen atoms in total. The van der Waals surface area contributed by atoms with Crippen molar-refractivity contribution in [3.05, 3.63) is 145 Å². The second-order valence-electron chi connectivity index (χ2n) is 12.1. The Kier molecular flexibility index (Phi) is 7.23. The van der Waals surface area contributed by atoms with E-state index < -0.39 is 0 Å². The minimum atomic E-state index is 0.448. The SMILES string of the molecule is C1=C(c2ccc(-c3ccc(N4c5ccc(N(c6ccccc6)c6ccccc6)cc5C5CNCCC54)cc3)cc2)CCNC1. The summed E-state index contributed by atoms with van der Waals surface area (Å²) in [7, 11) is 0. The summed E-state index contributed by atoms with van der Waals surface area (Å²) in [4.78, 5) is 4.98. The van der Waals surface area contributed by atoms with E-state index in [1.165, 1.54) is 56.3 Å². The lowest BCUT2D eigenvalue weighted by atomic mass is 9.89. The Labute approximate surface area is 260 Å². The van der Waals surface area contributed by atoms with E-state index in [4.69, 9.17) is 0 Å². The maximum Gasteiger partial charge on any atom is 0.0466 e. The Hall–Kier alpha value is -4.64. The average molecular weight is 575 g/mol. The second-order valence-corrected chi connectivity index (χ2v) is 12.1. The fourth-order valence-electron chi connectivity index (χ4n) is 7.35. The van der Waals surface area contributed by atoms with Crippen LogP contribution in [0.4, 0.5) is 28.4 Å². The number of anilines is 5. The number of nitrogens with one attached hydrogen (secondary N) is 2. The number of benzene rings is 5. The van der Waals surface area contributed by atoms with Crippen LogP contribution in [0.5, 0.6) is 0 Å². The molecule has 5 aromatic carbocycles. The van der Waals surface area contributed by atoms with Crippen LogP contribution < -0.4 is 20.4 Å². The highest BCUT2D eigenvalue weighted by Gasteiger charge is 2.41. The zero-order chi connectivity index (χ0) is 29.3. The maximum absolute atomic E-state index is 3.69. The van der Waals surface area contributed by atoms with Gasteiger partial charge >= 0.3 is 0 Å². The number of piperidine rings is 1. The first kappa shape index (κ1) is 26.9. The van der Waals surface area contributed by atoms with Gasteiger partial charge in [0.2, 0.25) is 0 Å². The molecular weight excluding hydrogens is 536 g/mol. The quantitative estimate of drug-likeness (QED) is 0.212. The van der Waals surface area contributed by atoms with Gasteiger partial charge in [0.25, 0.3) is 0 Å². The van der Waals surface area contributed by atoms with E-state index >= 15 is 0 Å². The van der Waals surface area contributed by atoms with Gasteiger partial charge in [-0.2, -0.15) is 0 Å². The number of hydrogen-bond acceptors (Lipinski definition) is 4. The van der Waals surface area contributed by atoms with Crippen molar-refractivity contribution in [1.29, 1.82) is 0 Å². The van der Waals surface area contributed by atoms with Crippen LogP contribution in [-0.2, 0) is 0 Å². The number of hydrogen-bond donors (Lipinski definition) is 2. The van der Waals surface area contributed by atoms with Gasteiger partial charge < -0.3 is 20.4 Å². The number of fused-ring (bicyclic) bond motifs is 3. The van der Waals surface area contributed by atoms with Crippen molar-refractivity contribution in [3.63, 3.8) is 0 Å². The molecule has 3 heterocycles. The molecule has 3 aliphatic heterocycles. The molecule has 0 bridgehead atoms. The topological polar surface area (TPSA) is 30.5 Å². The minimum Gasteiger partial charge on any atom is -0.337 e. The van der Waals surface area contributed by atoms with Gasteiger partial charge in [0.05, 0.1) is 0 Å². The third kappa shape index (κ3) is 5.00. The number of nitrogens with zero attached hydrogens (tertiary/aromatic N) is 2. The van der Waals surface area contributed by atoms with E-state index in [1.807, 2.05) is 0 Å². The molecule has 44 heavy (non-hydrogen) atoms. The van der Waals surface area contributed by atoms with Crippen LogP contribution in [0.3, 0.4) is 0 Å². The standard InChI is InChI=1S/C40H38N4/c1-3-7-33(8-4-1)43(34-9-5-2-6-10-34)36-19-20-39-37(27-36)38-28-42-26-23-40(38)44(39)35-17-15-31(16-18-35)29-11-13-30(14-12-29)32-21-24-41-25-22-32/h1-21,27,38,40-42H,22-26,28H2. The van der Waals surface area contributed by atoms with Gasteiger partial charge in [-0.3, -0.25) is 0 Å². The molecule has 0 saturated carbocycles. The molecule has 0 aliphatic carbocycles. The monoisotopic (exact) mass is 574 g/mol. The van der Waals surface area contributed by atoms with Crippen molar-refractivity contribution in [2.24, 2.45) is 0 Å². The predicted octanol–water partition coefficient (Wildman–Crippen LogP) is 8.80. The van der Waals surface area contributed by atoms with E-state index in [-0.39, 0.29) is 0 Å². The Morgan fingerprint density at radius 1 is 0.614 bits per heavy atom. The van der Waals surface area contributed by atoms with Crippen molar-refractivity contribution in [1.82, 2.24) is 10.6 Å². The molecular formula is C40H38N4. The highest BCUT2D eigenvalue weighted by atomic mass is 15.2. The van der Waals surface area contributed by atoms with Crippen molar-refractivity contribution in [2.75, 3.05) is 36.0 Å². The van der Waals surface area contributed by atoms with Crippen molar-refractivity contribution >= 4 is 34.0 Å². The van der Waals surface area contributed by atoms with Gasteiger partial charge in [-0.15, -0.1) is 0 Å². The van der Waals surface area contributed by atoms with Crippen molar-refractivity contribution in [2.45, 2.75) is 24.8 Å². The van der Waals surface area contributed by atoms with Crippen LogP contribution in [0.1, 0.15) is 29.9 Å². The lowest BCUT2D eigenvalue weighted by Crippen LogP contribution is -2.42. The molecule has 2 atom stereocenters. The average Bonchev–Trinajstić information content (AvgIpc) is 3.44. The Morgan fingerprint density at radius 3 is 1.93 bits per heavy atom. The fraction of sp³-hybridized carbons (Fsp3) is 0.200. The summed E-state index contributed by atoms with van der Waals surface area (Å²) in [5, 5.41) is 7.10. The first-order valence-electron chi connectivity index (χ1n) is 16.0. The van der Waals surface area contributed by atoms with Crippen molar-refractivity contribution in [3.8, 4) is 11.1 Å². The second kappa shape index (κ2) is 11.8. The Balaban J connectivity index is 1.12. The number of para-hydroxylation sites is 2. The van der Waals surface area contributed by atoms with E-state index in [9.17, 15) is 0 Å². The molecule has 2 unspecified atom stereocenters. The molecule has 1 fully saturated rings. The van der Waals surface area contributed by atoms with Crippen LogP contribution in [0.2, 0.25) is 0 Å². The molecule has 8 rings (SSSR count). The summed E-state index contributed by atoms with van der Waals surface area (Å²) in [5.41, 5.74) is 12.9. The third-order valence-corrected chi connectivity index (χ3v) is 9.53. The van der Waals surface area contributed by atoms with E-state index in [1.54, 1.807) is 0 Å². The van der Waals surface area contributed by atoms with Crippen LogP contribution in [0, 0.1) is 0 Å². The zero-order valence-electron chi connectivity index (χ0n) is 25.0. The summed E-state index contributed by atoms with van der Waals surface area (Å²) < 4.78 is 0. The van der Waals surface area contributed by atoms with E-state index in [0.29, 0.717) is 12.0 Å². The molecule has 0 radical (unpaired) electrons. The molecule has 3 aliphatic rings. The van der Waals surface area contributed by atoms with Gasteiger partial charge in [-0.25, -0.2) is 0 Å². The highest BCUT2D eigenvalue weighted by molar-refractivity contribution is 5.82. The first-order chi connectivity index (χ1) is 21.8. The molecule has 0 spiro atoms. The predicted molar refractivity (Wildman–Crippen MR) is 185 cm³/mol. The molecule has 2 N–H and O–H groups in total. The summed E-state index contributed by atoms with van der Waals surface area (Å²) in [6.07, 6.45) is 4.55. The lowest BCUT2D eigenvalue weighted by molar-refractivity contribution is 0.419. The van der Waals surface area contributed by atoms with Gasteiger partial charge in [0.1, 0.15) is 0 Å². The molecule has 1 saturated heterocycles. The summed E-state index contributed by atoms with van der Waals surface area (Å²) in [6, 6.07) is 47.3.